The van der Waals surface area contributed by atoms with Gasteiger partial charge in [-0.15, -0.1) is 11.8 Å². The molecule has 2 rings (SSSR count). The van der Waals surface area contributed by atoms with Crippen molar-refractivity contribution in [2.24, 2.45) is 0 Å². The monoisotopic (exact) mass is 258 g/mol. The largest absolute Gasteiger partial charge is 0.300 e. The molecule has 2 nitrogen and oxygen atoms in total. The van der Waals surface area contributed by atoms with E-state index in [0.29, 0.717) is 5.56 Å². The number of hydrogen-bond donors (Lipinski definition) is 0. The fourth-order valence-corrected chi connectivity index (χ4v) is 2.30. The highest BCUT2D eigenvalue weighted by atomic mass is 32.2. The van der Waals surface area contributed by atoms with Crippen molar-refractivity contribution in [3.8, 4) is 0 Å². The maximum atomic E-state index is 11.8. The van der Waals surface area contributed by atoms with Gasteiger partial charge in [-0.25, -0.2) is 0 Å². The third-order valence-electron chi connectivity index (χ3n) is 2.78. The van der Waals surface area contributed by atoms with Crippen LogP contribution in [0.2, 0.25) is 0 Å². The van der Waals surface area contributed by atoms with Crippen LogP contribution < -0.4 is 0 Å². The lowest BCUT2D eigenvalue weighted by atomic mass is 10.0. The minimum atomic E-state index is -0.112. The topological polar surface area (TPSA) is 34.1 Å². The Hall–Kier alpha value is -1.61. The molecule has 0 aliphatic rings. The molecule has 18 heavy (non-hydrogen) atoms. The van der Waals surface area contributed by atoms with Gasteiger partial charge in [0.1, 0.15) is 5.78 Å². The molecule has 0 amide bonds. The zero-order valence-electron chi connectivity index (χ0n) is 10.4. The van der Waals surface area contributed by atoms with Crippen LogP contribution in [0.15, 0.2) is 41.3 Å². The molecule has 0 saturated heterocycles. The maximum Gasteiger partial charge on any atom is 0.170 e. The molecule has 0 unspecified atom stereocenters. The minimum Gasteiger partial charge on any atom is -0.300 e. The van der Waals surface area contributed by atoms with Crippen molar-refractivity contribution in [2.75, 3.05) is 6.26 Å². The van der Waals surface area contributed by atoms with Gasteiger partial charge < -0.3 is 0 Å². The number of Topliss-reactive ketones (excluding diaryl/α,β-unsaturated/α-hetero) is 2. The third kappa shape index (κ3) is 2.79. The maximum absolute atomic E-state index is 11.8. The fraction of sp³-hybridized carbons (Fsp3) is 0.200. The van der Waals surface area contributed by atoms with Crippen molar-refractivity contribution >= 4 is 34.1 Å². The number of rotatable bonds is 4. The van der Waals surface area contributed by atoms with Gasteiger partial charge in [0.15, 0.2) is 5.78 Å². The Bertz CT molecular complexity index is 617. The molecular formula is C15H14O2S. The quantitative estimate of drug-likeness (QED) is 0.476. The molecule has 2 aromatic rings. The Kier molecular flexibility index (Phi) is 3.82. The third-order valence-corrected chi connectivity index (χ3v) is 3.50. The molecule has 0 spiro atoms. The van der Waals surface area contributed by atoms with Crippen molar-refractivity contribution in [3.05, 3.63) is 42.0 Å². The first-order valence-corrected chi connectivity index (χ1v) is 6.93. The molecule has 0 bridgehead atoms. The normalized spacial score (nSPS) is 10.6. The zero-order valence-corrected chi connectivity index (χ0v) is 11.2. The van der Waals surface area contributed by atoms with E-state index in [4.69, 9.17) is 0 Å². The van der Waals surface area contributed by atoms with E-state index in [1.54, 1.807) is 17.8 Å². The molecule has 0 saturated carbocycles. The van der Waals surface area contributed by atoms with Gasteiger partial charge in [0, 0.05) is 10.5 Å². The van der Waals surface area contributed by atoms with Gasteiger partial charge in [-0.1, -0.05) is 18.2 Å². The van der Waals surface area contributed by atoms with Crippen molar-refractivity contribution in [1.29, 1.82) is 0 Å². The standard InChI is InChI=1S/C15H14O2S/c1-10(16)7-15(17)12-4-3-11-5-6-14(18-2)9-13(11)8-12/h3-6,8-9H,7H2,1-2H3. The van der Waals surface area contributed by atoms with Crippen LogP contribution in [0.4, 0.5) is 0 Å². The number of benzene rings is 2. The van der Waals surface area contributed by atoms with E-state index in [1.165, 1.54) is 11.8 Å². The van der Waals surface area contributed by atoms with E-state index in [-0.39, 0.29) is 18.0 Å². The van der Waals surface area contributed by atoms with Crippen molar-refractivity contribution in [1.82, 2.24) is 0 Å². The van der Waals surface area contributed by atoms with E-state index in [2.05, 4.69) is 12.1 Å². The Balaban J connectivity index is 2.42. The van der Waals surface area contributed by atoms with Crippen LogP contribution >= 0.6 is 11.8 Å². The van der Waals surface area contributed by atoms with E-state index in [1.807, 2.05) is 24.5 Å². The SMILES string of the molecule is CSc1ccc2ccc(C(=O)CC(C)=O)cc2c1. The molecule has 92 valence electrons. The molecule has 0 aliphatic heterocycles. The van der Waals surface area contributed by atoms with Crippen LogP contribution in [0.25, 0.3) is 10.8 Å². The predicted octanol–water partition coefficient (Wildman–Crippen LogP) is 3.72. The average Bonchev–Trinajstić information content (AvgIpc) is 2.36. The van der Waals surface area contributed by atoms with Crippen LogP contribution in [0.3, 0.4) is 0 Å². The lowest BCUT2D eigenvalue weighted by molar-refractivity contribution is -0.116. The van der Waals surface area contributed by atoms with Gasteiger partial charge in [-0.3, -0.25) is 9.59 Å². The summed E-state index contributed by atoms with van der Waals surface area (Å²) in [5.74, 6) is -0.211. The Labute approximate surface area is 110 Å². The number of fused-ring (bicyclic) bond motifs is 1. The predicted molar refractivity (Wildman–Crippen MR) is 75.4 cm³/mol. The summed E-state index contributed by atoms with van der Waals surface area (Å²) in [5.41, 5.74) is 0.607. The first-order chi connectivity index (χ1) is 8.60. The second-order valence-corrected chi connectivity index (χ2v) is 5.11. The average molecular weight is 258 g/mol. The van der Waals surface area contributed by atoms with E-state index >= 15 is 0 Å². The molecule has 0 heterocycles. The smallest absolute Gasteiger partial charge is 0.170 e. The summed E-state index contributed by atoms with van der Waals surface area (Å²) in [4.78, 5) is 24.0. The number of ketones is 2. The van der Waals surface area contributed by atoms with Crippen LogP contribution in [0.1, 0.15) is 23.7 Å². The van der Waals surface area contributed by atoms with Crippen molar-refractivity contribution < 1.29 is 9.59 Å². The lowest BCUT2D eigenvalue weighted by Crippen LogP contribution is -2.04. The van der Waals surface area contributed by atoms with Crippen LogP contribution in [0, 0.1) is 0 Å². The molecule has 0 fully saturated rings. The first kappa shape index (κ1) is 12.8. The molecular weight excluding hydrogens is 244 g/mol. The van der Waals surface area contributed by atoms with Crippen LogP contribution in [-0.2, 0) is 4.79 Å². The summed E-state index contributed by atoms with van der Waals surface area (Å²) < 4.78 is 0. The van der Waals surface area contributed by atoms with Crippen LogP contribution in [-0.4, -0.2) is 17.8 Å². The molecule has 0 aliphatic carbocycles. The first-order valence-electron chi connectivity index (χ1n) is 5.70. The number of carbonyl (C=O) groups is 2. The number of hydrogen-bond acceptors (Lipinski definition) is 3. The van der Waals surface area contributed by atoms with Gasteiger partial charge in [0.2, 0.25) is 0 Å². The lowest BCUT2D eigenvalue weighted by Gasteiger charge is -2.04. The summed E-state index contributed by atoms with van der Waals surface area (Å²) in [6.07, 6.45) is 2.00. The molecule has 2 aromatic carbocycles. The van der Waals surface area contributed by atoms with Gasteiger partial charge in [0.05, 0.1) is 6.42 Å². The highest BCUT2D eigenvalue weighted by molar-refractivity contribution is 7.98. The molecule has 3 heteroatoms. The summed E-state index contributed by atoms with van der Waals surface area (Å²) in [6.45, 7) is 1.44. The second kappa shape index (κ2) is 5.36. The fourth-order valence-electron chi connectivity index (χ4n) is 1.85. The van der Waals surface area contributed by atoms with Gasteiger partial charge in [-0.2, -0.15) is 0 Å². The molecule has 0 N–H and O–H groups in total. The van der Waals surface area contributed by atoms with Gasteiger partial charge >= 0.3 is 0 Å². The summed E-state index contributed by atoms with van der Waals surface area (Å²) in [5, 5.41) is 2.14. The Morgan fingerprint density at radius 1 is 1.06 bits per heavy atom. The van der Waals surface area contributed by atoms with Crippen molar-refractivity contribution in [2.45, 2.75) is 18.2 Å². The second-order valence-electron chi connectivity index (χ2n) is 4.23. The van der Waals surface area contributed by atoms with Gasteiger partial charge in [-0.05, 0) is 42.2 Å². The van der Waals surface area contributed by atoms with E-state index in [0.717, 1.165) is 10.8 Å². The Morgan fingerprint density at radius 2 is 1.78 bits per heavy atom. The van der Waals surface area contributed by atoms with E-state index in [9.17, 15) is 9.59 Å². The number of thioether (sulfide) groups is 1. The molecule has 0 atom stereocenters. The van der Waals surface area contributed by atoms with Crippen LogP contribution in [0.5, 0.6) is 0 Å². The van der Waals surface area contributed by atoms with Crippen molar-refractivity contribution in [3.63, 3.8) is 0 Å². The zero-order chi connectivity index (χ0) is 13.1. The summed E-state index contributed by atoms with van der Waals surface area (Å²) in [6, 6.07) is 11.7. The van der Waals surface area contributed by atoms with E-state index < -0.39 is 0 Å². The van der Waals surface area contributed by atoms with Gasteiger partial charge in [0.25, 0.3) is 0 Å². The summed E-state index contributed by atoms with van der Waals surface area (Å²) in [7, 11) is 0. The molecule has 0 radical (unpaired) electrons. The Morgan fingerprint density at radius 3 is 2.44 bits per heavy atom. The molecule has 0 aromatic heterocycles. The highest BCUT2D eigenvalue weighted by Crippen LogP contribution is 2.23. The number of carbonyl (C=O) groups excluding carboxylic acids is 2. The highest BCUT2D eigenvalue weighted by Gasteiger charge is 2.09. The summed E-state index contributed by atoms with van der Waals surface area (Å²) >= 11 is 1.67. The minimum absolute atomic E-state index is 0.0201.